The Morgan fingerprint density at radius 1 is 1.27 bits per heavy atom. The molecule has 0 aromatic carbocycles. The maximum absolute atomic E-state index is 11.8. The fourth-order valence-corrected chi connectivity index (χ4v) is 4.14. The Balaban J connectivity index is 1.64. The normalized spacial score (nSPS) is 15.9. The molecule has 0 aliphatic heterocycles. The van der Waals surface area contributed by atoms with Gasteiger partial charge in [0.15, 0.2) is 0 Å². The Kier molecular flexibility index (Phi) is 8.19. The zero-order chi connectivity index (χ0) is 21.3. The first-order chi connectivity index (χ1) is 14.5. The van der Waals surface area contributed by atoms with Crippen molar-refractivity contribution in [1.82, 2.24) is 20.6 Å². The first-order valence-corrected chi connectivity index (χ1v) is 11.0. The average Bonchev–Trinajstić information content (AvgIpc) is 3.24. The van der Waals surface area contributed by atoms with Crippen LogP contribution in [0.2, 0.25) is 0 Å². The summed E-state index contributed by atoms with van der Waals surface area (Å²) in [5.74, 6) is 1.81. The monoisotopic (exact) mass is 415 g/mol. The fourth-order valence-electron chi connectivity index (χ4n) is 4.14. The van der Waals surface area contributed by atoms with Crippen molar-refractivity contribution in [2.45, 2.75) is 83.6 Å². The molecule has 0 radical (unpaired) electrons. The van der Waals surface area contributed by atoms with Crippen LogP contribution in [0.15, 0.2) is 22.9 Å². The lowest BCUT2D eigenvalue weighted by Crippen LogP contribution is -2.21. The van der Waals surface area contributed by atoms with Crippen LogP contribution in [0.25, 0.3) is 11.4 Å². The number of hydroxylamine groups is 1. The van der Waals surface area contributed by atoms with Crippen LogP contribution in [0.1, 0.15) is 83.4 Å². The molecule has 0 saturated heterocycles. The van der Waals surface area contributed by atoms with Gasteiger partial charge in [-0.2, -0.15) is 4.98 Å². The molecule has 30 heavy (non-hydrogen) atoms. The zero-order valence-electron chi connectivity index (χ0n) is 17.9. The van der Waals surface area contributed by atoms with E-state index in [1.54, 1.807) is 11.7 Å². The molecule has 164 valence electrons. The lowest BCUT2D eigenvalue weighted by Gasteiger charge is -2.22. The van der Waals surface area contributed by atoms with Crippen molar-refractivity contribution in [1.29, 1.82) is 0 Å². The number of carbonyl (C=O) groups is 1. The molecular formula is C22H33N5O3. The summed E-state index contributed by atoms with van der Waals surface area (Å²) < 4.78 is 5.50. The van der Waals surface area contributed by atoms with Gasteiger partial charge in [0.1, 0.15) is 5.82 Å². The molecule has 2 aromatic rings. The molecule has 1 fully saturated rings. The number of hydrogen-bond donors (Lipinski definition) is 3. The summed E-state index contributed by atoms with van der Waals surface area (Å²) in [5.41, 5.74) is 2.48. The smallest absolute Gasteiger partial charge is 0.244 e. The maximum Gasteiger partial charge on any atom is 0.244 e. The van der Waals surface area contributed by atoms with Crippen LogP contribution >= 0.6 is 0 Å². The second kappa shape index (κ2) is 11.1. The minimum atomic E-state index is -0.441. The van der Waals surface area contributed by atoms with Gasteiger partial charge in [-0.1, -0.05) is 50.1 Å². The van der Waals surface area contributed by atoms with Gasteiger partial charge in [-0.3, -0.25) is 10.0 Å². The van der Waals surface area contributed by atoms with E-state index in [9.17, 15) is 4.79 Å². The SMILES string of the molecule is CC(C)Nc1ccc(-c2noc(C(CCCC3CCCCC3)CC(=O)NO)n2)cn1. The Labute approximate surface area is 177 Å². The van der Waals surface area contributed by atoms with E-state index < -0.39 is 5.91 Å². The lowest BCUT2D eigenvalue weighted by atomic mass is 9.84. The number of hydrogen-bond acceptors (Lipinski definition) is 7. The third-order valence-electron chi connectivity index (χ3n) is 5.70. The standard InChI is InChI=1S/C22H33N5O3/c1-15(2)24-19-12-11-18(14-23-19)21-25-22(30-27-21)17(13-20(28)26-29)10-6-9-16-7-4-3-5-8-16/h11-12,14-17,29H,3-10,13H2,1-2H3,(H,23,24)(H,26,28). The molecule has 1 unspecified atom stereocenters. The van der Waals surface area contributed by atoms with Gasteiger partial charge < -0.3 is 9.84 Å². The second-order valence-corrected chi connectivity index (χ2v) is 8.56. The molecule has 3 N–H and O–H groups in total. The van der Waals surface area contributed by atoms with Crippen LogP contribution in [0.3, 0.4) is 0 Å². The topological polar surface area (TPSA) is 113 Å². The molecule has 8 heteroatoms. The quantitative estimate of drug-likeness (QED) is 0.381. The first kappa shape index (κ1) is 22.2. The van der Waals surface area contributed by atoms with E-state index in [0.717, 1.165) is 36.6 Å². The molecule has 8 nitrogen and oxygen atoms in total. The highest BCUT2D eigenvalue weighted by molar-refractivity contribution is 5.75. The van der Waals surface area contributed by atoms with Crippen LogP contribution in [-0.2, 0) is 4.79 Å². The number of aromatic nitrogens is 3. The lowest BCUT2D eigenvalue weighted by molar-refractivity contribution is -0.129. The Hall–Kier alpha value is -2.48. The Bertz CT molecular complexity index is 784. The molecule has 2 aromatic heterocycles. The number of rotatable bonds is 10. The molecule has 0 bridgehead atoms. The Morgan fingerprint density at radius 2 is 2.07 bits per heavy atom. The van der Waals surface area contributed by atoms with Crippen LogP contribution < -0.4 is 10.8 Å². The predicted octanol–water partition coefficient (Wildman–Crippen LogP) is 4.68. The van der Waals surface area contributed by atoms with Crippen LogP contribution in [0.5, 0.6) is 0 Å². The van der Waals surface area contributed by atoms with Gasteiger partial charge in [0.25, 0.3) is 0 Å². The molecule has 1 aliphatic carbocycles. The van der Waals surface area contributed by atoms with Crippen molar-refractivity contribution in [3.05, 3.63) is 24.2 Å². The van der Waals surface area contributed by atoms with Gasteiger partial charge in [0.05, 0.1) is 0 Å². The van der Waals surface area contributed by atoms with E-state index in [2.05, 4.69) is 34.3 Å². The largest absolute Gasteiger partial charge is 0.368 e. The average molecular weight is 416 g/mol. The van der Waals surface area contributed by atoms with Crippen molar-refractivity contribution in [3.8, 4) is 11.4 Å². The van der Waals surface area contributed by atoms with E-state index in [4.69, 9.17) is 9.73 Å². The van der Waals surface area contributed by atoms with Crippen LogP contribution in [-0.4, -0.2) is 32.3 Å². The summed E-state index contributed by atoms with van der Waals surface area (Å²) >= 11 is 0. The van der Waals surface area contributed by atoms with Gasteiger partial charge in [0, 0.05) is 30.1 Å². The molecule has 1 amide bonds. The van der Waals surface area contributed by atoms with Crippen LogP contribution in [0.4, 0.5) is 5.82 Å². The van der Waals surface area contributed by atoms with E-state index >= 15 is 0 Å². The molecule has 3 rings (SSSR count). The third-order valence-corrected chi connectivity index (χ3v) is 5.70. The highest BCUT2D eigenvalue weighted by atomic mass is 16.5. The molecule has 1 saturated carbocycles. The van der Waals surface area contributed by atoms with Gasteiger partial charge in [-0.25, -0.2) is 10.5 Å². The van der Waals surface area contributed by atoms with E-state index in [0.29, 0.717) is 17.8 Å². The second-order valence-electron chi connectivity index (χ2n) is 8.56. The molecule has 1 atom stereocenters. The number of nitrogens with one attached hydrogen (secondary N) is 2. The number of anilines is 1. The number of amides is 1. The van der Waals surface area contributed by atoms with Gasteiger partial charge in [-0.15, -0.1) is 0 Å². The number of nitrogens with zero attached hydrogens (tertiary/aromatic N) is 3. The van der Waals surface area contributed by atoms with Gasteiger partial charge >= 0.3 is 0 Å². The molecule has 2 heterocycles. The molecule has 1 aliphatic rings. The first-order valence-electron chi connectivity index (χ1n) is 11.0. The fraction of sp³-hybridized carbons (Fsp3) is 0.636. The zero-order valence-corrected chi connectivity index (χ0v) is 17.9. The number of carbonyl (C=O) groups excluding carboxylic acids is 1. The minimum Gasteiger partial charge on any atom is -0.368 e. The summed E-state index contributed by atoms with van der Waals surface area (Å²) in [6.07, 6.45) is 11.4. The highest BCUT2D eigenvalue weighted by Crippen LogP contribution is 2.31. The van der Waals surface area contributed by atoms with Crippen molar-refractivity contribution >= 4 is 11.7 Å². The summed E-state index contributed by atoms with van der Waals surface area (Å²) in [7, 11) is 0. The van der Waals surface area contributed by atoms with Crippen molar-refractivity contribution in [2.24, 2.45) is 5.92 Å². The van der Waals surface area contributed by atoms with Gasteiger partial charge in [0.2, 0.25) is 17.6 Å². The van der Waals surface area contributed by atoms with E-state index in [-0.39, 0.29) is 12.3 Å². The molecule has 0 spiro atoms. The van der Waals surface area contributed by atoms with Crippen molar-refractivity contribution < 1.29 is 14.5 Å². The third kappa shape index (κ3) is 6.52. The maximum atomic E-state index is 11.8. The van der Waals surface area contributed by atoms with Crippen molar-refractivity contribution in [2.75, 3.05) is 5.32 Å². The number of pyridine rings is 1. The summed E-state index contributed by atoms with van der Waals surface area (Å²) in [5, 5.41) is 16.3. The van der Waals surface area contributed by atoms with Gasteiger partial charge in [-0.05, 0) is 38.3 Å². The summed E-state index contributed by atoms with van der Waals surface area (Å²) in [6.45, 7) is 4.11. The van der Waals surface area contributed by atoms with E-state index in [1.165, 1.54) is 32.1 Å². The van der Waals surface area contributed by atoms with E-state index in [1.807, 2.05) is 12.1 Å². The summed E-state index contributed by atoms with van der Waals surface area (Å²) in [4.78, 5) is 20.7. The predicted molar refractivity (Wildman–Crippen MR) is 114 cm³/mol. The summed E-state index contributed by atoms with van der Waals surface area (Å²) in [6, 6.07) is 4.07. The Morgan fingerprint density at radius 3 is 2.73 bits per heavy atom. The highest BCUT2D eigenvalue weighted by Gasteiger charge is 2.23. The van der Waals surface area contributed by atoms with Crippen molar-refractivity contribution in [3.63, 3.8) is 0 Å². The minimum absolute atomic E-state index is 0.123. The molecular weight excluding hydrogens is 382 g/mol. The van der Waals surface area contributed by atoms with Crippen LogP contribution in [0, 0.1) is 5.92 Å².